The SMILES string of the molecule is COc1ccc(CSc2c(F)c(F)c(/C(=C3\N=C(C)C=C3C)c3c(C)cc(C)n3B(F)F)c(F)c2F)cc1. The Morgan fingerprint density at radius 2 is 1.55 bits per heavy atom. The summed E-state index contributed by atoms with van der Waals surface area (Å²) < 4.78 is 96.0. The molecule has 4 rings (SSSR count). The molecule has 3 nitrogen and oxygen atoms in total. The third-order valence-corrected chi connectivity index (χ3v) is 7.32. The summed E-state index contributed by atoms with van der Waals surface area (Å²) in [6, 6.07) is 8.02. The Hall–Kier alpha value is -3.34. The molecule has 0 saturated heterocycles. The molecule has 3 aromatic rings. The van der Waals surface area contributed by atoms with Crippen LogP contribution in [0.15, 0.2) is 57.6 Å². The molecule has 1 aromatic heterocycles. The van der Waals surface area contributed by atoms with Crippen molar-refractivity contribution < 1.29 is 30.9 Å². The van der Waals surface area contributed by atoms with E-state index in [1.165, 1.54) is 27.0 Å². The Balaban J connectivity index is 1.92. The van der Waals surface area contributed by atoms with E-state index in [9.17, 15) is 8.63 Å². The first-order chi connectivity index (χ1) is 18.0. The lowest BCUT2D eigenvalue weighted by Gasteiger charge is -2.19. The third-order valence-electron chi connectivity index (χ3n) is 6.19. The van der Waals surface area contributed by atoms with Crippen LogP contribution in [0.4, 0.5) is 26.2 Å². The van der Waals surface area contributed by atoms with E-state index in [1.807, 2.05) is 0 Å². The fourth-order valence-electron chi connectivity index (χ4n) is 4.50. The highest BCUT2D eigenvalue weighted by Crippen LogP contribution is 2.42. The Kier molecular flexibility index (Phi) is 7.87. The van der Waals surface area contributed by atoms with E-state index in [2.05, 4.69) is 4.99 Å². The molecule has 2 heterocycles. The average Bonchev–Trinajstić information content (AvgIpc) is 3.36. The molecule has 0 radical (unpaired) electrons. The van der Waals surface area contributed by atoms with Gasteiger partial charge in [-0.05, 0) is 68.7 Å². The second-order valence-corrected chi connectivity index (χ2v) is 9.85. The number of halogens is 6. The summed E-state index contributed by atoms with van der Waals surface area (Å²) in [5.74, 6) is -6.00. The molecule has 0 N–H and O–H groups in total. The minimum Gasteiger partial charge on any atom is -0.497 e. The normalized spacial score (nSPS) is 14.5. The van der Waals surface area contributed by atoms with Crippen LogP contribution in [0.2, 0.25) is 0 Å². The van der Waals surface area contributed by atoms with Crippen LogP contribution in [0.3, 0.4) is 0 Å². The largest absolute Gasteiger partial charge is 0.677 e. The van der Waals surface area contributed by atoms with Gasteiger partial charge in [-0.2, -0.15) is 0 Å². The zero-order valence-electron chi connectivity index (χ0n) is 21.2. The van der Waals surface area contributed by atoms with Crippen molar-refractivity contribution in [1.29, 1.82) is 0 Å². The average molecular weight is 548 g/mol. The van der Waals surface area contributed by atoms with Gasteiger partial charge in [0.2, 0.25) is 0 Å². The minimum absolute atomic E-state index is 0.0158. The maximum atomic E-state index is 15.7. The Labute approximate surface area is 221 Å². The minimum atomic E-state index is -3.08. The van der Waals surface area contributed by atoms with Gasteiger partial charge in [-0.1, -0.05) is 12.1 Å². The van der Waals surface area contributed by atoms with Gasteiger partial charge in [-0.3, -0.25) is 13.6 Å². The fourth-order valence-corrected chi connectivity index (χ4v) is 5.44. The van der Waals surface area contributed by atoms with Crippen LogP contribution in [0, 0.1) is 37.1 Å². The Bertz CT molecular complexity index is 1480. The summed E-state index contributed by atoms with van der Waals surface area (Å²) in [4.78, 5) is 3.43. The lowest BCUT2D eigenvalue weighted by Crippen LogP contribution is -2.19. The Morgan fingerprint density at radius 3 is 2.05 bits per heavy atom. The molecule has 198 valence electrons. The zero-order valence-corrected chi connectivity index (χ0v) is 22.0. The summed E-state index contributed by atoms with van der Waals surface area (Å²) in [6.07, 6.45) is 1.59. The van der Waals surface area contributed by atoms with Crippen LogP contribution in [-0.4, -0.2) is 24.7 Å². The molecular weight excluding hydrogens is 525 g/mol. The van der Waals surface area contributed by atoms with E-state index in [0.717, 1.165) is 0 Å². The summed E-state index contributed by atoms with van der Waals surface area (Å²) in [5.41, 5.74) is 0.0189. The smallest absolute Gasteiger partial charge is 0.497 e. The Morgan fingerprint density at radius 1 is 0.947 bits per heavy atom. The standard InChI is InChI=1S/C27H23BF6N2OS/c1-13-10-15(3)35-25(13)20(26-14(2)11-16(4)36(26)28(33)34)19-21(29)23(31)27(24(32)22(19)30)38-12-17-6-8-18(37-5)9-7-17/h6-11H,12H2,1-5H3/b25-20+. The number of aryl methyl sites for hydroxylation is 2. The first-order valence-corrected chi connectivity index (χ1v) is 12.5. The fraction of sp³-hybridized carbons (Fsp3) is 0.222. The number of thioether (sulfide) groups is 1. The van der Waals surface area contributed by atoms with Gasteiger partial charge in [-0.15, -0.1) is 11.8 Å². The molecular formula is C27H23BF6N2OS. The van der Waals surface area contributed by atoms with Crippen LogP contribution >= 0.6 is 11.8 Å². The van der Waals surface area contributed by atoms with Crippen molar-refractivity contribution in [3.63, 3.8) is 0 Å². The zero-order chi connectivity index (χ0) is 27.9. The molecule has 0 saturated carbocycles. The van der Waals surface area contributed by atoms with Gasteiger partial charge in [0.05, 0.1) is 23.3 Å². The number of aromatic nitrogens is 1. The molecule has 11 heteroatoms. The van der Waals surface area contributed by atoms with Crippen molar-refractivity contribution in [2.45, 2.75) is 38.3 Å². The lowest BCUT2D eigenvalue weighted by molar-refractivity contribution is 0.414. The van der Waals surface area contributed by atoms with Crippen LogP contribution in [0.5, 0.6) is 5.75 Å². The van der Waals surface area contributed by atoms with Crippen LogP contribution in [0.25, 0.3) is 5.57 Å². The van der Waals surface area contributed by atoms with Gasteiger partial charge in [-0.25, -0.2) is 17.6 Å². The highest BCUT2D eigenvalue weighted by atomic mass is 32.2. The molecule has 0 spiro atoms. The number of allylic oxidation sites excluding steroid dienone is 2. The number of ether oxygens (including phenoxy) is 1. The van der Waals surface area contributed by atoms with E-state index >= 15 is 17.6 Å². The van der Waals surface area contributed by atoms with Crippen molar-refractivity contribution >= 4 is 30.4 Å². The van der Waals surface area contributed by atoms with E-state index in [4.69, 9.17) is 4.74 Å². The van der Waals surface area contributed by atoms with Crippen LogP contribution in [0.1, 0.15) is 41.9 Å². The van der Waals surface area contributed by atoms with Gasteiger partial charge >= 0.3 is 7.40 Å². The van der Waals surface area contributed by atoms with Crippen LogP contribution < -0.4 is 4.74 Å². The van der Waals surface area contributed by atoms with Crippen molar-refractivity contribution in [3.05, 3.63) is 99.0 Å². The van der Waals surface area contributed by atoms with Crippen molar-refractivity contribution in [2.75, 3.05) is 7.11 Å². The first-order valence-electron chi connectivity index (χ1n) is 11.5. The number of methoxy groups -OCH3 is 1. The number of hydrogen-bond acceptors (Lipinski definition) is 3. The number of aliphatic imine (C=N–C) groups is 1. The highest BCUT2D eigenvalue weighted by Gasteiger charge is 2.35. The first kappa shape index (κ1) is 27.7. The molecule has 0 atom stereocenters. The molecule has 0 aliphatic carbocycles. The second-order valence-electron chi connectivity index (χ2n) is 8.87. The molecule has 1 aliphatic heterocycles. The van der Waals surface area contributed by atoms with Gasteiger partial charge < -0.3 is 9.21 Å². The summed E-state index contributed by atoms with van der Waals surface area (Å²) in [6.45, 7) is 6.08. The molecule has 38 heavy (non-hydrogen) atoms. The summed E-state index contributed by atoms with van der Waals surface area (Å²) in [7, 11) is -1.59. The van der Waals surface area contributed by atoms with E-state index in [1.54, 1.807) is 44.2 Å². The van der Waals surface area contributed by atoms with Crippen molar-refractivity contribution in [1.82, 2.24) is 4.48 Å². The molecule has 0 fully saturated rings. The van der Waals surface area contributed by atoms with Crippen LogP contribution in [-0.2, 0) is 5.75 Å². The van der Waals surface area contributed by atoms with Gasteiger partial charge in [0.1, 0.15) is 5.75 Å². The van der Waals surface area contributed by atoms with Gasteiger partial charge in [0, 0.05) is 28.4 Å². The van der Waals surface area contributed by atoms with E-state index in [0.29, 0.717) is 38.8 Å². The van der Waals surface area contributed by atoms with Crippen molar-refractivity contribution in [3.8, 4) is 5.75 Å². The monoisotopic (exact) mass is 548 g/mol. The van der Waals surface area contributed by atoms with E-state index in [-0.39, 0.29) is 28.4 Å². The molecule has 0 amide bonds. The van der Waals surface area contributed by atoms with E-state index < -0.39 is 46.7 Å². The molecule has 1 aliphatic rings. The maximum absolute atomic E-state index is 15.7. The second kappa shape index (κ2) is 10.8. The topological polar surface area (TPSA) is 26.5 Å². The number of nitrogens with zero attached hydrogens (tertiary/aromatic N) is 2. The summed E-state index contributed by atoms with van der Waals surface area (Å²) in [5, 5.41) is 0. The number of hydrogen-bond donors (Lipinski definition) is 0. The maximum Gasteiger partial charge on any atom is 0.677 e. The number of benzene rings is 2. The van der Waals surface area contributed by atoms with Gasteiger partial charge in [0.25, 0.3) is 0 Å². The third kappa shape index (κ3) is 4.91. The molecule has 2 aromatic carbocycles. The van der Waals surface area contributed by atoms with Gasteiger partial charge in [0.15, 0.2) is 23.3 Å². The highest BCUT2D eigenvalue weighted by molar-refractivity contribution is 7.98. The van der Waals surface area contributed by atoms with Crippen molar-refractivity contribution in [2.24, 2.45) is 4.99 Å². The molecule has 0 unspecified atom stereocenters. The summed E-state index contributed by atoms with van der Waals surface area (Å²) >= 11 is 0.582. The number of rotatable bonds is 7. The predicted octanol–water partition coefficient (Wildman–Crippen LogP) is 7.91. The quantitative estimate of drug-likeness (QED) is 0.130. The predicted molar refractivity (Wildman–Crippen MR) is 139 cm³/mol. The molecule has 0 bridgehead atoms. The lowest BCUT2D eigenvalue weighted by atomic mass is 9.93.